The summed E-state index contributed by atoms with van der Waals surface area (Å²) in [5.74, 6) is 2.88. The normalized spacial score (nSPS) is 15.3. The van der Waals surface area contributed by atoms with Crippen molar-refractivity contribution in [2.24, 2.45) is 4.99 Å². The number of thiazole rings is 1. The Labute approximate surface area is 163 Å². The van der Waals surface area contributed by atoms with Crippen LogP contribution in [0.5, 0.6) is 0 Å². The number of hydrogen-bond donors (Lipinski definition) is 1. The van der Waals surface area contributed by atoms with Gasteiger partial charge in [0.05, 0.1) is 0 Å². The van der Waals surface area contributed by atoms with Gasteiger partial charge in [-0.2, -0.15) is 0 Å². The van der Waals surface area contributed by atoms with Crippen molar-refractivity contribution in [3.8, 4) is 0 Å². The fourth-order valence-electron chi connectivity index (χ4n) is 2.69. The molecule has 7 nitrogen and oxygen atoms in total. The van der Waals surface area contributed by atoms with Crippen LogP contribution in [0.3, 0.4) is 0 Å². The smallest absolute Gasteiger partial charge is 0.225 e. The van der Waals surface area contributed by atoms with E-state index in [1.54, 1.807) is 23.7 Å². The molecule has 0 spiro atoms. The van der Waals surface area contributed by atoms with E-state index in [0.717, 1.165) is 67.7 Å². The van der Waals surface area contributed by atoms with E-state index in [1.165, 1.54) is 0 Å². The summed E-state index contributed by atoms with van der Waals surface area (Å²) in [5.41, 5.74) is 0. The number of guanidine groups is 1. The van der Waals surface area contributed by atoms with E-state index in [9.17, 15) is 0 Å². The van der Waals surface area contributed by atoms with Crippen molar-refractivity contribution < 1.29 is 0 Å². The second-order valence-corrected chi connectivity index (χ2v) is 8.00. The number of piperazine rings is 1. The molecule has 0 atom stereocenters. The summed E-state index contributed by atoms with van der Waals surface area (Å²) in [6, 6.07) is 1.85. The molecule has 1 fully saturated rings. The van der Waals surface area contributed by atoms with Crippen LogP contribution in [-0.4, -0.2) is 70.8 Å². The van der Waals surface area contributed by atoms with Gasteiger partial charge in [0.15, 0.2) is 5.96 Å². The number of rotatable bonds is 7. The largest absolute Gasteiger partial charge is 0.357 e. The molecule has 1 aliphatic rings. The quantitative estimate of drug-likeness (QED) is 0.336. The van der Waals surface area contributed by atoms with E-state index < -0.39 is 0 Å². The molecule has 1 saturated heterocycles. The maximum atomic E-state index is 4.81. The highest BCUT2D eigenvalue weighted by atomic mass is 32.2. The third-order valence-electron chi connectivity index (χ3n) is 3.95. The minimum atomic E-state index is 0.813. The van der Waals surface area contributed by atoms with Gasteiger partial charge >= 0.3 is 0 Å². The van der Waals surface area contributed by atoms with Crippen molar-refractivity contribution in [2.75, 3.05) is 49.9 Å². The van der Waals surface area contributed by atoms with Crippen molar-refractivity contribution in [1.82, 2.24) is 25.2 Å². The van der Waals surface area contributed by atoms with Crippen molar-refractivity contribution >= 4 is 35.0 Å². The summed E-state index contributed by atoms with van der Waals surface area (Å²) >= 11 is 3.51. The zero-order valence-corrected chi connectivity index (χ0v) is 16.7. The number of thioether (sulfide) groups is 1. The summed E-state index contributed by atoms with van der Waals surface area (Å²) in [6.07, 6.45) is 6.50. The molecule has 26 heavy (non-hydrogen) atoms. The number of nitrogens with zero attached hydrogens (tertiary/aromatic N) is 6. The monoisotopic (exact) mass is 391 g/mol. The molecule has 0 bridgehead atoms. The van der Waals surface area contributed by atoms with Gasteiger partial charge in [-0.05, 0) is 19.4 Å². The molecule has 0 aliphatic carbocycles. The van der Waals surface area contributed by atoms with Gasteiger partial charge in [0.2, 0.25) is 5.95 Å². The fraction of sp³-hybridized carbons (Fsp3) is 0.529. The molecule has 0 amide bonds. The summed E-state index contributed by atoms with van der Waals surface area (Å²) < 4.78 is 1.14. The molecule has 1 N–H and O–H groups in total. The van der Waals surface area contributed by atoms with Crippen LogP contribution in [0.2, 0.25) is 0 Å². The lowest BCUT2D eigenvalue weighted by atomic mass is 10.3. The Kier molecular flexibility index (Phi) is 7.51. The van der Waals surface area contributed by atoms with Crippen LogP contribution in [0.4, 0.5) is 5.95 Å². The second-order valence-electron chi connectivity index (χ2n) is 5.76. The Balaban J connectivity index is 1.45. The highest BCUT2D eigenvalue weighted by Gasteiger charge is 2.20. The summed E-state index contributed by atoms with van der Waals surface area (Å²) in [7, 11) is 0. The zero-order valence-electron chi connectivity index (χ0n) is 15.0. The first kappa shape index (κ1) is 18.9. The Morgan fingerprint density at radius 2 is 2.00 bits per heavy atom. The maximum absolute atomic E-state index is 4.81. The molecule has 2 aromatic rings. The molecular weight excluding hydrogens is 366 g/mol. The maximum Gasteiger partial charge on any atom is 0.225 e. The lowest BCUT2D eigenvalue weighted by molar-refractivity contribution is 0.370. The number of hydrogen-bond acceptors (Lipinski definition) is 7. The molecule has 3 rings (SSSR count). The summed E-state index contributed by atoms with van der Waals surface area (Å²) in [4.78, 5) is 22.3. The standard InChI is InChI=1S/C17H25N7S2/c1-2-18-15(21-7-4-13-25-17-22-8-14-26-17)23-9-11-24(12-10-23)16-19-5-3-6-20-16/h3,5-6,8,14H,2,4,7,9-13H2,1H3,(H,18,21). The van der Waals surface area contributed by atoms with Crippen molar-refractivity contribution in [3.05, 3.63) is 30.0 Å². The molecule has 0 unspecified atom stereocenters. The molecule has 2 aromatic heterocycles. The van der Waals surface area contributed by atoms with E-state index in [-0.39, 0.29) is 0 Å². The van der Waals surface area contributed by atoms with E-state index in [4.69, 9.17) is 4.99 Å². The Morgan fingerprint density at radius 1 is 1.19 bits per heavy atom. The molecule has 140 valence electrons. The van der Waals surface area contributed by atoms with Gasteiger partial charge in [-0.15, -0.1) is 11.3 Å². The van der Waals surface area contributed by atoms with Gasteiger partial charge in [-0.1, -0.05) is 11.8 Å². The van der Waals surface area contributed by atoms with Gasteiger partial charge < -0.3 is 15.1 Å². The van der Waals surface area contributed by atoms with Crippen LogP contribution in [0.25, 0.3) is 0 Å². The van der Waals surface area contributed by atoms with Crippen LogP contribution < -0.4 is 10.2 Å². The minimum absolute atomic E-state index is 0.813. The predicted octanol–water partition coefficient (Wildman–Crippen LogP) is 2.20. The Morgan fingerprint density at radius 3 is 2.69 bits per heavy atom. The van der Waals surface area contributed by atoms with Crippen LogP contribution in [0.1, 0.15) is 13.3 Å². The Bertz CT molecular complexity index is 655. The van der Waals surface area contributed by atoms with E-state index in [2.05, 4.69) is 37.0 Å². The molecular formula is C17H25N7S2. The molecule has 0 aromatic carbocycles. The fourth-order valence-corrected chi connectivity index (χ4v) is 4.32. The van der Waals surface area contributed by atoms with Gasteiger partial charge in [0.1, 0.15) is 4.34 Å². The number of nitrogens with one attached hydrogen (secondary N) is 1. The van der Waals surface area contributed by atoms with Crippen molar-refractivity contribution in [3.63, 3.8) is 0 Å². The number of aromatic nitrogens is 3. The van der Waals surface area contributed by atoms with E-state index >= 15 is 0 Å². The molecule has 0 radical (unpaired) electrons. The van der Waals surface area contributed by atoms with Gasteiger partial charge in [0, 0.05) is 69.0 Å². The first-order chi connectivity index (χ1) is 12.9. The minimum Gasteiger partial charge on any atom is -0.357 e. The average Bonchev–Trinajstić information content (AvgIpc) is 3.21. The third-order valence-corrected chi connectivity index (χ3v) is 6.00. The van der Waals surface area contributed by atoms with Crippen LogP contribution in [0.15, 0.2) is 39.4 Å². The molecule has 9 heteroatoms. The molecule has 3 heterocycles. The van der Waals surface area contributed by atoms with Crippen LogP contribution >= 0.6 is 23.1 Å². The number of anilines is 1. The number of aliphatic imine (C=N–C) groups is 1. The second kappa shape index (κ2) is 10.3. The SMILES string of the molecule is CCNC(=NCCCSc1nccs1)N1CCN(c2ncccn2)CC1. The van der Waals surface area contributed by atoms with Gasteiger partial charge in [0.25, 0.3) is 0 Å². The van der Waals surface area contributed by atoms with Crippen LogP contribution in [-0.2, 0) is 0 Å². The third kappa shape index (κ3) is 5.57. The van der Waals surface area contributed by atoms with Crippen molar-refractivity contribution in [2.45, 2.75) is 17.7 Å². The molecule has 0 saturated carbocycles. The predicted molar refractivity (Wildman–Crippen MR) is 109 cm³/mol. The lowest BCUT2D eigenvalue weighted by Gasteiger charge is -2.36. The van der Waals surface area contributed by atoms with Crippen LogP contribution in [0, 0.1) is 0 Å². The van der Waals surface area contributed by atoms with E-state index in [1.807, 2.05) is 29.4 Å². The van der Waals surface area contributed by atoms with Gasteiger partial charge in [-0.25, -0.2) is 15.0 Å². The first-order valence-corrected chi connectivity index (χ1v) is 10.8. The Hall–Kier alpha value is -1.87. The molecule has 1 aliphatic heterocycles. The van der Waals surface area contributed by atoms with Crippen molar-refractivity contribution in [1.29, 1.82) is 0 Å². The highest BCUT2D eigenvalue weighted by molar-refractivity contribution is 8.00. The lowest BCUT2D eigenvalue weighted by Crippen LogP contribution is -2.53. The first-order valence-electron chi connectivity index (χ1n) is 8.94. The highest BCUT2D eigenvalue weighted by Crippen LogP contribution is 2.20. The summed E-state index contributed by atoms with van der Waals surface area (Å²) in [5, 5.41) is 5.44. The topological polar surface area (TPSA) is 69.5 Å². The van der Waals surface area contributed by atoms with E-state index in [0.29, 0.717) is 0 Å². The average molecular weight is 392 g/mol. The summed E-state index contributed by atoms with van der Waals surface area (Å²) in [6.45, 7) is 7.51. The van der Waals surface area contributed by atoms with Gasteiger partial charge in [-0.3, -0.25) is 4.99 Å². The zero-order chi connectivity index (χ0) is 18.0.